The van der Waals surface area contributed by atoms with Crippen molar-refractivity contribution in [3.8, 4) is 0 Å². The number of alkyl halides is 1. The van der Waals surface area contributed by atoms with Crippen LogP contribution in [0.3, 0.4) is 0 Å². The summed E-state index contributed by atoms with van der Waals surface area (Å²) in [6.07, 6.45) is 6.65. The average molecular weight is 428 g/mol. The van der Waals surface area contributed by atoms with Gasteiger partial charge in [-0.3, -0.25) is 4.79 Å². The van der Waals surface area contributed by atoms with Crippen LogP contribution in [0, 0.1) is 4.91 Å². The first-order chi connectivity index (χ1) is 13.9. The molecule has 13 nitrogen and oxygen atoms in total. The molecule has 0 bridgehead atoms. The standard InChI is InChI=1S/C9H16ClN3O2.C6H6N6O2/c10-6-7-13(12-15)9(14)11-8-4-2-1-3-5-8;1-11-6(14)12-2-8-3(4(7)13)5(12)9-10-11/h8H,1-7H2,(H,11,14);2H,1H3,(H2,7,13). The molecule has 1 aliphatic carbocycles. The zero-order valence-electron chi connectivity index (χ0n) is 15.8. The molecule has 2 aromatic rings. The van der Waals surface area contributed by atoms with Crippen molar-refractivity contribution >= 4 is 29.2 Å². The van der Waals surface area contributed by atoms with Crippen molar-refractivity contribution in [2.24, 2.45) is 18.1 Å². The third kappa shape index (κ3) is 5.70. The molecule has 0 aromatic carbocycles. The van der Waals surface area contributed by atoms with Gasteiger partial charge in [0.25, 0.3) is 5.91 Å². The Kier molecular flexibility index (Phi) is 8.00. The van der Waals surface area contributed by atoms with Gasteiger partial charge in [0.2, 0.25) is 0 Å². The van der Waals surface area contributed by atoms with Gasteiger partial charge >= 0.3 is 11.7 Å². The van der Waals surface area contributed by atoms with E-state index in [9.17, 15) is 19.3 Å². The molecular weight excluding hydrogens is 406 g/mol. The Labute approximate surface area is 170 Å². The molecule has 14 heteroatoms. The van der Waals surface area contributed by atoms with Gasteiger partial charge in [-0.25, -0.2) is 19.0 Å². The Balaban J connectivity index is 0.000000207. The molecule has 0 radical (unpaired) electrons. The molecule has 1 aliphatic rings. The lowest BCUT2D eigenvalue weighted by Gasteiger charge is -2.24. The first-order valence-corrected chi connectivity index (χ1v) is 9.46. The van der Waals surface area contributed by atoms with Crippen molar-refractivity contribution < 1.29 is 9.59 Å². The third-order valence-corrected chi connectivity index (χ3v) is 4.46. The zero-order valence-corrected chi connectivity index (χ0v) is 16.6. The van der Waals surface area contributed by atoms with Crippen molar-refractivity contribution in [1.29, 1.82) is 0 Å². The molecule has 0 unspecified atom stereocenters. The van der Waals surface area contributed by atoms with Gasteiger partial charge in [0.05, 0.1) is 11.8 Å². The minimum Gasteiger partial charge on any atom is -0.364 e. The molecule has 0 atom stereocenters. The predicted octanol–water partition coefficient (Wildman–Crippen LogP) is 0.173. The van der Waals surface area contributed by atoms with Crippen molar-refractivity contribution in [2.45, 2.75) is 38.1 Å². The average Bonchev–Trinajstić information content (AvgIpc) is 3.15. The molecule has 1 saturated carbocycles. The molecule has 1 fully saturated rings. The molecule has 3 rings (SSSR count). The van der Waals surface area contributed by atoms with Crippen LogP contribution in [0.5, 0.6) is 0 Å². The van der Waals surface area contributed by atoms with Crippen LogP contribution in [0.4, 0.5) is 4.79 Å². The van der Waals surface area contributed by atoms with E-state index in [1.165, 1.54) is 19.8 Å². The number of imidazole rings is 1. The van der Waals surface area contributed by atoms with E-state index in [0.717, 1.165) is 39.8 Å². The van der Waals surface area contributed by atoms with Gasteiger partial charge in [0.1, 0.15) is 6.33 Å². The highest BCUT2D eigenvalue weighted by molar-refractivity contribution is 6.18. The van der Waals surface area contributed by atoms with Gasteiger partial charge in [-0.1, -0.05) is 24.5 Å². The van der Waals surface area contributed by atoms with Crippen LogP contribution in [0.2, 0.25) is 0 Å². The lowest BCUT2D eigenvalue weighted by molar-refractivity contribution is 0.0997. The monoisotopic (exact) mass is 427 g/mol. The molecule has 3 N–H and O–H groups in total. The normalized spacial score (nSPS) is 14.0. The number of nitrogens with zero attached hydrogens (tertiary/aromatic N) is 7. The molecule has 0 spiro atoms. The number of hydrogen-bond acceptors (Lipinski definition) is 8. The number of urea groups is 1. The number of rotatable bonds is 5. The molecule has 3 amide bonds. The van der Waals surface area contributed by atoms with Crippen LogP contribution in [0.15, 0.2) is 16.4 Å². The number of amides is 3. The lowest BCUT2D eigenvalue weighted by atomic mass is 9.96. The van der Waals surface area contributed by atoms with Crippen molar-refractivity contribution in [3.63, 3.8) is 0 Å². The van der Waals surface area contributed by atoms with Gasteiger partial charge in [0, 0.05) is 19.0 Å². The number of primary amides is 1. The molecular formula is C15H22ClN9O4. The second-order valence-corrected chi connectivity index (χ2v) is 6.70. The maximum atomic E-state index is 11.5. The maximum Gasteiger partial charge on any atom is 0.352 e. The summed E-state index contributed by atoms with van der Waals surface area (Å²) in [4.78, 5) is 47.7. The van der Waals surface area contributed by atoms with E-state index in [-0.39, 0.29) is 29.8 Å². The second-order valence-electron chi connectivity index (χ2n) is 6.32. The van der Waals surface area contributed by atoms with Crippen LogP contribution in [-0.2, 0) is 7.05 Å². The fraction of sp³-hybridized carbons (Fsp3) is 0.600. The van der Waals surface area contributed by atoms with E-state index >= 15 is 0 Å². The molecule has 0 aliphatic heterocycles. The molecule has 2 heterocycles. The summed E-state index contributed by atoms with van der Waals surface area (Å²) in [5.74, 6) is -0.529. The third-order valence-electron chi connectivity index (χ3n) is 4.29. The predicted molar refractivity (Wildman–Crippen MR) is 103 cm³/mol. The Morgan fingerprint density at radius 1 is 1.38 bits per heavy atom. The number of fused-ring (bicyclic) bond motifs is 1. The van der Waals surface area contributed by atoms with E-state index in [0.29, 0.717) is 0 Å². The molecule has 0 saturated heterocycles. The topological polar surface area (TPSA) is 170 Å². The Hall–Kier alpha value is -3.09. The van der Waals surface area contributed by atoms with Crippen molar-refractivity contribution in [2.75, 3.05) is 12.4 Å². The molecule has 2 aromatic heterocycles. The van der Waals surface area contributed by atoms with Gasteiger partial charge in [-0.05, 0) is 12.8 Å². The number of carbonyl (C=O) groups is 2. The fourth-order valence-corrected chi connectivity index (χ4v) is 2.97. The van der Waals surface area contributed by atoms with Crippen LogP contribution in [-0.4, -0.2) is 59.8 Å². The summed E-state index contributed by atoms with van der Waals surface area (Å²) in [6.45, 7) is 0.156. The molecule has 158 valence electrons. The summed E-state index contributed by atoms with van der Waals surface area (Å²) in [5.41, 5.74) is 4.60. The zero-order chi connectivity index (χ0) is 21.4. The van der Waals surface area contributed by atoms with Crippen LogP contribution in [0.25, 0.3) is 5.65 Å². The SMILES string of the molecule is Cn1nnc2c(C(N)=O)ncn2c1=O.O=NN(CCCl)C(=O)NC1CCCCC1. The van der Waals surface area contributed by atoms with Crippen molar-refractivity contribution in [3.05, 3.63) is 27.4 Å². The minimum atomic E-state index is -0.741. The number of nitrogens with two attached hydrogens (primary N) is 1. The number of aryl methyl sites for hydroxylation is 1. The van der Waals surface area contributed by atoms with Crippen LogP contribution >= 0.6 is 11.6 Å². The number of nitroso groups, excluding NO2 is 1. The number of aromatic nitrogens is 5. The highest BCUT2D eigenvalue weighted by atomic mass is 35.5. The van der Waals surface area contributed by atoms with E-state index in [2.05, 4.69) is 25.9 Å². The van der Waals surface area contributed by atoms with Crippen LogP contribution < -0.4 is 16.7 Å². The number of carbonyl (C=O) groups excluding carboxylic acids is 2. The smallest absolute Gasteiger partial charge is 0.352 e. The Morgan fingerprint density at radius 3 is 2.66 bits per heavy atom. The van der Waals surface area contributed by atoms with Gasteiger partial charge in [0.15, 0.2) is 11.3 Å². The van der Waals surface area contributed by atoms with Crippen molar-refractivity contribution in [1.82, 2.24) is 34.7 Å². The van der Waals surface area contributed by atoms with Gasteiger partial charge in [-0.2, -0.15) is 9.69 Å². The highest BCUT2D eigenvalue weighted by Crippen LogP contribution is 2.17. The number of hydrogen-bond donors (Lipinski definition) is 2. The molecule has 29 heavy (non-hydrogen) atoms. The maximum absolute atomic E-state index is 11.5. The van der Waals surface area contributed by atoms with Gasteiger partial charge in [-0.15, -0.1) is 21.6 Å². The quantitative estimate of drug-likeness (QED) is 0.389. The van der Waals surface area contributed by atoms with E-state index in [1.54, 1.807) is 0 Å². The number of halogens is 1. The summed E-state index contributed by atoms with van der Waals surface area (Å²) in [6, 6.07) is -0.247. The van der Waals surface area contributed by atoms with Crippen LogP contribution in [0.1, 0.15) is 42.6 Å². The van der Waals surface area contributed by atoms with E-state index in [1.807, 2.05) is 0 Å². The largest absolute Gasteiger partial charge is 0.364 e. The Bertz CT molecular complexity index is 922. The van der Waals surface area contributed by atoms with E-state index < -0.39 is 17.6 Å². The minimum absolute atomic E-state index is 0.0600. The second kappa shape index (κ2) is 10.5. The summed E-state index contributed by atoms with van der Waals surface area (Å²) in [7, 11) is 1.44. The first kappa shape index (κ1) is 22.2. The summed E-state index contributed by atoms with van der Waals surface area (Å²) in [5, 5.41) is 13.4. The fourth-order valence-electron chi connectivity index (χ4n) is 2.81. The lowest BCUT2D eigenvalue weighted by Crippen LogP contribution is -2.43. The summed E-state index contributed by atoms with van der Waals surface area (Å²) >= 11 is 5.44. The van der Waals surface area contributed by atoms with E-state index in [4.69, 9.17) is 17.3 Å². The Morgan fingerprint density at radius 2 is 2.07 bits per heavy atom. The number of nitrogens with one attached hydrogen (secondary N) is 1. The van der Waals surface area contributed by atoms with Gasteiger partial charge < -0.3 is 11.1 Å². The first-order valence-electron chi connectivity index (χ1n) is 8.93. The summed E-state index contributed by atoms with van der Waals surface area (Å²) < 4.78 is 2.13. The highest BCUT2D eigenvalue weighted by Gasteiger charge is 2.20.